The van der Waals surface area contributed by atoms with E-state index in [0.29, 0.717) is 20.7 Å². The SMILES string of the molecule is COc1ccc(NC(=O)CN2C(=O)/C(=C/c3c4ccccc4cc4ccccc34)SC2=S)cc1. The van der Waals surface area contributed by atoms with Crippen LogP contribution in [0.4, 0.5) is 5.69 Å². The molecule has 1 heterocycles. The lowest BCUT2D eigenvalue weighted by Gasteiger charge is -2.14. The van der Waals surface area contributed by atoms with E-state index < -0.39 is 0 Å². The van der Waals surface area contributed by atoms with Gasteiger partial charge in [0.25, 0.3) is 5.91 Å². The quantitative estimate of drug-likeness (QED) is 0.219. The van der Waals surface area contributed by atoms with Crippen LogP contribution in [-0.2, 0) is 9.59 Å². The van der Waals surface area contributed by atoms with E-state index in [4.69, 9.17) is 17.0 Å². The molecule has 0 radical (unpaired) electrons. The summed E-state index contributed by atoms with van der Waals surface area (Å²) in [6, 6.07) is 25.4. The van der Waals surface area contributed by atoms with Gasteiger partial charge in [0, 0.05) is 5.69 Å². The fraction of sp³-hybridized carbons (Fsp3) is 0.0741. The van der Waals surface area contributed by atoms with E-state index in [1.807, 2.05) is 30.3 Å². The zero-order valence-electron chi connectivity index (χ0n) is 18.3. The third-order valence-electron chi connectivity index (χ3n) is 5.64. The summed E-state index contributed by atoms with van der Waals surface area (Å²) in [7, 11) is 1.58. The highest BCUT2D eigenvalue weighted by Gasteiger charge is 2.33. The number of nitrogens with one attached hydrogen (secondary N) is 1. The van der Waals surface area contributed by atoms with Crippen molar-refractivity contribution >= 4 is 73.4 Å². The molecule has 5 rings (SSSR count). The van der Waals surface area contributed by atoms with Gasteiger partial charge in [-0.15, -0.1) is 0 Å². The predicted octanol–water partition coefficient (Wildman–Crippen LogP) is 5.84. The third kappa shape index (κ3) is 4.27. The van der Waals surface area contributed by atoms with Crippen LogP contribution in [0.25, 0.3) is 27.6 Å². The van der Waals surface area contributed by atoms with E-state index in [1.54, 1.807) is 31.4 Å². The Balaban J connectivity index is 1.42. The monoisotopic (exact) mass is 484 g/mol. The molecule has 34 heavy (non-hydrogen) atoms. The lowest BCUT2D eigenvalue weighted by molar-refractivity contribution is -0.126. The molecule has 0 saturated carbocycles. The number of rotatable bonds is 5. The highest BCUT2D eigenvalue weighted by Crippen LogP contribution is 2.36. The van der Waals surface area contributed by atoms with Gasteiger partial charge < -0.3 is 10.1 Å². The van der Waals surface area contributed by atoms with Crippen LogP contribution < -0.4 is 10.1 Å². The van der Waals surface area contributed by atoms with Gasteiger partial charge in [-0.3, -0.25) is 14.5 Å². The number of carbonyl (C=O) groups excluding carboxylic acids is 2. The van der Waals surface area contributed by atoms with Crippen molar-refractivity contribution in [2.24, 2.45) is 0 Å². The van der Waals surface area contributed by atoms with E-state index in [-0.39, 0.29) is 18.4 Å². The van der Waals surface area contributed by atoms with Crippen molar-refractivity contribution in [2.75, 3.05) is 19.0 Å². The predicted molar refractivity (Wildman–Crippen MR) is 143 cm³/mol. The first-order chi connectivity index (χ1) is 16.5. The van der Waals surface area contributed by atoms with Crippen LogP contribution in [0.2, 0.25) is 0 Å². The number of thiocarbonyl (C=S) groups is 1. The second-order valence-corrected chi connectivity index (χ2v) is 9.45. The molecule has 0 aliphatic carbocycles. The molecule has 0 aromatic heterocycles. The first kappa shape index (κ1) is 22.1. The van der Waals surface area contributed by atoms with E-state index in [9.17, 15) is 9.59 Å². The Bertz CT molecular complexity index is 1420. The van der Waals surface area contributed by atoms with Crippen molar-refractivity contribution in [3.63, 3.8) is 0 Å². The zero-order valence-corrected chi connectivity index (χ0v) is 19.9. The largest absolute Gasteiger partial charge is 0.497 e. The van der Waals surface area contributed by atoms with E-state index in [1.165, 1.54) is 16.7 Å². The molecule has 1 aliphatic heterocycles. The normalized spacial score (nSPS) is 14.9. The Kier molecular flexibility index (Phi) is 6.04. The maximum Gasteiger partial charge on any atom is 0.266 e. The molecule has 0 bridgehead atoms. The summed E-state index contributed by atoms with van der Waals surface area (Å²) < 4.78 is 5.50. The highest BCUT2D eigenvalue weighted by atomic mass is 32.2. The van der Waals surface area contributed by atoms with Gasteiger partial charge in [0.1, 0.15) is 16.6 Å². The molecule has 1 N–H and O–H groups in total. The summed E-state index contributed by atoms with van der Waals surface area (Å²) in [6.45, 7) is -0.148. The summed E-state index contributed by atoms with van der Waals surface area (Å²) in [5.74, 6) is 0.108. The van der Waals surface area contributed by atoms with Gasteiger partial charge in [0.2, 0.25) is 5.91 Å². The van der Waals surface area contributed by atoms with Gasteiger partial charge >= 0.3 is 0 Å². The first-order valence-corrected chi connectivity index (χ1v) is 11.9. The highest BCUT2D eigenvalue weighted by molar-refractivity contribution is 8.26. The summed E-state index contributed by atoms with van der Waals surface area (Å²) >= 11 is 6.67. The Morgan fingerprint density at radius 1 is 1.00 bits per heavy atom. The Hall–Kier alpha value is -3.68. The number of fused-ring (bicyclic) bond motifs is 2. The Morgan fingerprint density at radius 3 is 2.24 bits per heavy atom. The molecule has 4 aromatic carbocycles. The molecule has 0 spiro atoms. The van der Waals surface area contributed by atoms with Crippen molar-refractivity contribution in [1.82, 2.24) is 4.90 Å². The molecule has 7 heteroatoms. The van der Waals surface area contributed by atoms with E-state index in [2.05, 4.69) is 35.6 Å². The van der Waals surface area contributed by atoms with Crippen LogP contribution in [-0.4, -0.2) is 34.7 Å². The summed E-state index contributed by atoms with van der Waals surface area (Å²) in [5.41, 5.74) is 1.59. The van der Waals surface area contributed by atoms with Crippen LogP contribution in [0, 0.1) is 0 Å². The molecular weight excluding hydrogens is 464 g/mol. The number of hydrogen-bond donors (Lipinski definition) is 1. The van der Waals surface area contributed by atoms with Gasteiger partial charge in [-0.2, -0.15) is 0 Å². The van der Waals surface area contributed by atoms with E-state index in [0.717, 1.165) is 27.1 Å². The number of benzene rings is 4. The number of nitrogens with zero attached hydrogens (tertiary/aromatic N) is 1. The topological polar surface area (TPSA) is 58.6 Å². The summed E-state index contributed by atoms with van der Waals surface area (Å²) in [6.07, 6.45) is 1.89. The molecule has 0 unspecified atom stereocenters. The lowest BCUT2D eigenvalue weighted by atomic mass is 9.96. The zero-order chi connectivity index (χ0) is 23.7. The molecular formula is C27H20N2O3S2. The van der Waals surface area contributed by atoms with Crippen LogP contribution in [0.15, 0.2) is 83.8 Å². The molecule has 4 aromatic rings. The standard InChI is InChI=1S/C27H20N2O3S2/c1-32-20-12-10-19(11-13-20)28-25(30)16-29-26(31)24(34-27(29)33)15-23-21-8-4-2-6-17(21)14-18-7-3-5-9-22(18)23/h2-15H,16H2,1H3,(H,28,30)/b24-15-. The number of hydrogen-bond acceptors (Lipinski definition) is 5. The number of carbonyl (C=O) groups is 2. The lowest BCUT2D eigenvalue weighted by Crippen LogP contribution is -2.36. The summed E-state index contributed by atoms with van der Waals surface area (Å²) in [4.78, 5) is 27.7. The van der Waals surface area contributed by atoms with Gasteiger partial charge in [-0.05, 0) is 63.5 Å². The third-order valence-corrected chi connectivity index (χ3v) is 7.02. The van der Waals surface area contributed by atoms with Crippen LogP contribution in [0.5, 0.6) is 5.75 Å². The number of ether oxygens (including phenoxy) is 1. The number of anilines is 1. The number of amides is 2. The second kappa shape index (κ2) is 9.29. The van der Waals surface area contributed by atoms with E-state index >= 15 is 0 Å². The minimum absolute atomic E-state index is 0.148. The van der Waals surface area contributed by atoms with Crippen LogP contribution in [0.3, 0.4) is 0 Å². The second-order valence-electron chi connectivity index (χ2n) is 7.78. The summed E-state index contributed by atoms with van der Waals surface area (Å²) in [5, 5.41) is 7.11. The fourth-order valence-corrected chi connectivity index (χ4v) is 5.23. The Morgan fingerprint density at radius 2 is 1.62 bits per heavy atom. The smallest absolute Gasteiger partial charge is 0.266 e. The van der Waals surface area contributed by atoms with Crippen molar-refractivity contribution in [3.8, 4) is 5.75 Å². The number of thioether (sulfide) groups is 1. The maximum atomic E-state index is 13.2. The molecule has 0 atom stereocenters. The molecule has 5 nitrogen and oxygen atoms in total. The molecule has 2 amide bonds. The van der Waals surface area contributed by atoms with Crippen LogP contribution >= 0.6 is 24.0 Å². The average Bonchev–Trinajstić information content (AvgIpc) is 3.11. The Labute approximate surface area is 206 Å². The minimum atomic E-state index is -0.321. The first-order valence-electron chi connectivity index (χ1n) is 10.6. The van der Waals surface area contributed by atoms with Crippen molar-refractivity contribution in [3.05, 3.63) is 89.3 Å². The molecule has 168 valence electrons. The van der Waals surface area contributed by atoms with Crippen molar-refractivity contribution in [1.29, 1.82) is 0 Å². The molecule has 1 aliphatic rings. The van der Waals surface area contributed by atoms with Gasteiger partial charge in [-0.1, -0.05) is 72.5 Å². The van der Waals surface area contributed by atoms with Gasteiger partial charge in [0.05, 0.1) is 12.0 Å². The minimum Gasteiger partial charge on any atom is -0.497 e. The molecule has 1 fully saturated rings. The number of methoxy groups -OCH3 is 1. The van der Waals surface area contributed by atoms with Crippen LogP contribution in [0.1, 0.15) is 5.56 Å². The van der Waals surface area contributed by atoms with Crippen molar-refractivity contribution < 1.29 is 14.3 Å². The van der Waals surface area contributed by atoms with Gasteiger partial charge in [-0.25, -0.2) is 0 Å². The van der Waals surface area contributed by atoms with Gasteiger partial charge in [0.15, 0.2) is 0 Å². The average molecular weight is 485 g/mol. The molecule has 1 saturated heterocycles. The maximum absolute atomic E-state index is 13.2. The van der Waals surface area contributed by atoms with Crippen molar-refractivity contribution in [2.45, 2.75) is 0 Å². The fourth-order valence-electron chi connectivity index (χ4n) is 3.99.